The van der Waals surface area contributed by atoms with Crippen molar-refractivity contribution >= 4 is 11.6 Å². The van der Waals surface area contributed by atoms with Gasteiger partial charge in [0.2, 0.25) is 0 Å². The number of ether oxygens (including phenoxy) is 1. The minimum atomic E-state index is -2.95. The fourth-order valence-corrected chi connectivity index (χ4v) is 1.77. The van der Waals surface area contributed by atoms with Crippen molar-refractivity contribution in [1.29, 1.82) is 0 Å². The molecule has 6 heteroatoms. The lowest BCUT2D eigenvalue weighted by Gasteiger charge is -2.09. The fourth-order valence-electron chi connectivity index (χ4n) is 1.77. The van der Waals surface area contributed by atoms with Gasteiger partial charge >= 0.3 is 6.61 Å². The van der Waals surface area contributed by atoms with Crippen LogP contribution in [0.3, 0.4) is 0 Å². The zero-order valence-electron chi connectivity index (χ0n) is 11.1. The molecule has 110 valence electrons. The maximum Gasteiger partial charge on any atom is 0.387 e. The molecule has 0 heterocycles. The number of aryl methyl sites for hydroxylation is 1. The van der Waals surface area contributed by atoms with Crippen molar-refractivity contribution in [2.45, 2.75) is 13.5 Å². The minimum absolute atomic E-state index is 0.0903. The van der Waals surface area contributed by atoms with Gasteiger partial charge in [0.25, 0.3) is 5.91 Å². The van der Waals surface area contributed by atoms with Crippen LogP contribution in [0.2, 0.25) is 0 Å². The number of nitrogens with one attached hydrogen (secondary N) is 1. The van der Waals surface area contributed by atoms with Gasteiger partial charge in [0.1, 0.15) is 11.6 Å². The van der Waals surface area contributed by atoms with Crippen LogP contribution in [0.4, 0.5) is 18.9 Å². The average Bonchev–Trinajstić information content (AvgIpc) is 2.41. The second-order valence-electron chi connectivity index (χ2n) is 4.30. The smallest absolute Gasteiger partial charge is 0.387 e. The van der Waals surface area contributed by atoms with Crippen LogP contribution in [-0.2, 0) is 0 Å². The van der Waals surface area contributed by atoms with Crippen molar-refractivity contribution in [1.82, 2.24) is 0 Å². The molecule has 0 radical (unpaired) electrons. The standard InChI is InChI=1S/C15H12F3NO2/c1-9-4-2-7-12(13(9)16)14(20)19-10-5-3-6-11(8-10)21-15(17)18/h2-8,15H,1H3,(H,19,20). The number of amides is 1. The summed E-state index contributed by atoms with van der Waals surface area (Å²) < 4.78 is 42.3. The van der Waals surface area contributed by atoms with Gasteiger partial charge in [0, 0.05) is 11.8 Å². The molecule has 0 saturated carbocycles. The third-order valence-corrected chi connectivity index (χ3v) is 2.75. The van der Waals surface area contributed by atoms with E-state index in [1.54, 1.807) is 19.1 Å². The summed E-state index contributed by atoms with van der Waals surface area (Å²) in [6.07, 6.45) is 0. The molecule has 0 aliphatic rings. The molecule has 0 unspecified atom stereocenters. The summed E-state index contributed by atoms with van der Waals surface area (Å²) in [5.74, 6) is -1.37. The Morgan fingerprint density at radius 3 is 2.62 bits per heavy atom. The molecule has 1 N–H and O–H groups in total. The van der Waals surface area contributed by atoms with E-state index in [-0.39, 0.29) is 17.0 Å². The topological polar surface area (TPSA) is 38.3 Å². The van der Waals surface area contributed by atoms with Crippen LogP contribution in [0.5, 0.6) is 5.75 Å². The van der Waals surface area contributed by atoms with Gasteiger partial charge < -0.3 is 10.1 Å². The number of hydrogen-bond acceptors (Lipinski definition) is 2. The summed E-state index contributed by atoms with van der Waals surface area (Å²) in [5.41, 5.74) is 0.465. The Morgan fingerprint density at radius 1 is 1.19 bits per heavy atom. The Bertz CT molecular complexity index is 659. The highest BCUT2D eigenvalue weighted by Gasteiger charge is 2.13. The molecule has 0 aromatic heterocycles. The lowest BCUT2D eigenvalue weighted by Crippen LogP contribution is -2.14. The van der Waals surface area contributed by atoms with Gasteiger partial charge in [-0.2, -0.15) is 8.78 Å². The van der Waals surface area contributed by atoms with Gasteiger partial charge in [-0.1, -0.05) is 18.2 Å². The van der Waals surface area contributed by atoms with Crippen molar-refractivity contribution < 1.29 is 22.7 Å². The van der Waals surface area contributed by atoms with Crippen LogP contribution in [-0.4, -0.2) is 12.5 Å². The van der Waals surface area contributed by atoms with E-state index in [1.807, 2.05) is 0 Å². The third-order valence-electron chi connectivity index (χ3n) is 2.75. The molecule has 0 fully saturated rings. The van der Waals surface area contributed by atoms with Gasteiger partial charge in [-0.3, -0.25) is 4.79 Å². The number of halogens is 3. The summed E-state index contributed by atoms with van der Waals surface area (Å²) in [5, 5.41) is 2.44. The molecule has 2 aromatic rings. The largest absolute Gasteiger partial charge is 0.435 e. The van der Waals surface area contributed by atoms with Gasteiger partial charge in [0.15, 0.2) is 0 Å². The molecule has 0 spiro atoms. The molecule has 2 aromatic carbocycles. The van der Waals surface area contributed by atoms with Crippen LogP contribution in [0.25, 0.3) is 0 Å². The number of hydrogen-bond donors (Lipinski definition) is 1. The Balaban J connectivity index is 2.18. The first kappa shape index (κ1) is 14.9. The molecule has 2 rings (SSSR count). The van der Waals surface area contributed by atoms with E-state index in [0.29, 0.717) is 5.56 Å². The van der Waals surface area contributed by atoms with E-state index in [9.17, 15) is 18.0 Å². The van der Waals surface area contributed by atoms with Crippen molar-refractivity contribution in [3.63, 3.8) is 0 Å². The molecule has 0 aliphatic carbocycles. The Hall–Kier alpha value is -2.50. The van der Waals surface area contributed by atoms with Gasteiger partial charge in [0.05, 0.1) is 5.56 Å². The lowest BCUT2D eigenvalue weighted by atomic mass is 10.1. The van der Waals surface area contributed by atoms with E-state index in [1.165, 1.54) is 30.3 Å². The third kappa shape index (κ3) is 3.75. The lowest BCUT2D eigenvalue weighted by molar-refractivity contribution is -0.0497. The second-order valence-corrected chi connectivity index (χ2v) is 4.30. The molecule has 0 saturated heterocycles. The number of benzene rings is 2. The van der Waals surface area contributed by atoms with Crippen molar-refractivity contribution in [3.05, 3.63) is 59.4 Å². The summed E-state index contributed by atoms with van der Waals surface area (Å²) in [6, 6.07) is 9.95. The molecule has 0 aliphatic heterocycles. The Morgan fingerprint density at radius 2 is 1.90 bits per heavy atom. The van der Waals surface area contributed by atoms with Crippen molar-refractivity contribution in [2.24, 2.45) is 0 Å². The summed E-state index contributed by atoms with van der Waals surface area (Å²) in [6.45, 7) is -1.41. The van der Waals surface area contributed by atoms with E-state index in [0.717, 1.165) is 0 Å². The quantitative estimate of drug-likeness (QED) is 0.926. The van der Waals surface area contributed by atoms with E-state index < -0.39 is 18.3 Å². The highest BCUT2D eigenvalue weighted by Crippen LogP contribution is 2.20. The van der Waals surface area contributed by atoms with Crippen LogP contribution < -0.4 is 10.1 Å². The van der Waals surface area contributed by atoms with Crippen LogP contribution in [0.1, 0.15) is 15.9 Å². The molecule has 0 bridgehead atoms. The SMILES string of the molecule is Cc1cccc(C(=O)Nc2cccc(OC(F)F)c2)c1F. The maximum atomic E-state index is 13.8. The summed E-state index contributed by atoms with van der Waals surface area (Å²) in [7, 11) is 0. The molecule has 3 nitrogen and oxygen atoms in total. The van der Waals surface area contributed by atoms with Gasteiger partial charge in [-0.25, -0.2) is 4.39 Å². The fraction of sp³-hybridized carbons (Fsp3) is 0.133. The van der Waals surface area contributed by atoms with E-state index in [4.69, 9.17) is 0 Å². The van der Waals surface area contributed by atoms with Crippen LogP contribution in [0.15, 0.2) is 42.5 Å². The monoisotopic (exact) mass is 295 g/mol. The molecule has 21 heavy (non-hydrogen) atoms. The first-order valence-corrected chi connectivity index (χ1v) is 6.08. The zero-order chi connectivity index (χ0) is 15.4. The maximum absolute atomic E-state index is 13.8. The first-order valence-electron chi connectivity index (χ1n) is 6.08. The molecule has 1 amide bonds. The summed E-state index contributed by atoms with van der Waals surface area (Å²) >= 11 is 0. The van der Waals surface area contributed by atoms with Crippen molar-refractivity contribution in [3.8, 4) is 5.75 Å². The number of carbonyl (C=O) groups excluding carboxylic acids is 1. The summed E-state index contributed by atoms with van der Waals surface area (Å²) in [4.78, 5) is 12.0. The van der Waals surface area contributed by atoms with Crippen molar-refractivity contribution in [2.75, 3.05) is 5.32 Å². The van der Waals surface area contributed by atoms with Gasteiger partial charge in [-0.15, -0.1) is 0 Å². The molecule has 0 atom stereocenters. The normalized spacial score (nSPS) is 10.5. The first-order chi connectivity index (χ1) is 9.97. The minimum Gasteiger partial charge on any atom is -0.435 e. The Kier molecular flexibility index (Phi) is 4.47. The van der Waals surface area contributed by atoms with Gasteiger partial charge in [-0.05, 0) is 30.7 Å². The zero-order valence-corrected chi connectivity index (χ0v) is 11.1. The number of carbonyl (C=O) groups is 1. The number of alkyl halides is 2. The van der Waals surface area contributed by atoms with E-state index in [2.05, 4.69) is 10.1 Å². The highest BCUT2D eigenvalue weighted by molar-refractivity contribution is 6.04. The second kappa shape index (κ2) is 6.30. The van der Waals surface area contributed by atoms with Crippen LogP contribution in [0, 0.1) is 12.7 Å². The predicted molar refractivity (Wildman–Crippen MR) is 72.2 cm³/mol. The Labute approximate surface area is 119 Å². The predicted octanol–water partition coefficient (Wildman–Crippen LogP) is 3.99. The number of rotatable bonds is 4. The molecular weight excluding hydrogens is 283 g/mol. The van der Waals surface area contributed by atoms with E-state index >= 15 is 0 Å². The average molecular weight is 295 g/mol. The molecular formula is C15H12F3NO2. The van der Waals surface area contributed by atoms with Crippen LogP contribution >= 0.6 is 0 Å². The highest BCUT2D eigenvalue weighted by atomic mass is 19.3. The number of anilines is 1.